The highest BCUT2D eigenvalue weighted by atomic mass is 32.1. The zero-order valence-corrected chi connectivity index (χ0v) is 15.1. The first-order valence-electron chi connectivity index (χ1n) is 7.53. The Hall–Kier alpha value is -2.59. The summed E-state index contributed by atoms with van der Waals surface area (Å²) in [5.74, 6) is -0.500. The van der Waals surface area contributed by atoms with Crippen LogP contribution in [0.4, 0.5) is 0 Å². The normalized spacial score (nSPS) is 10.6. The van der Waals surface area contributed by atoms with Crippen molar-refractivity contribution in [3.63, 3.8) is 0 Å². The smallest absolute Gasteiger partial charge is 0.273 e. The molecule has 3 aromatic rings. The van der Waals surface area contributed by atoms with Crippen LogP contribution in [0.2, 0.25) is 0 Å². The molecule has 0 unspecified atom stereocenters. The number of amides is 2. The Morgan fingerprint density at radius 2 is 2.04 bits per heavy atom. The fraction of sp³-hybridized carbons (Fsp3) is 0.267. The largest absolute Gasteiger partial charge is 0.349 e. The van der Waals surface area contributed by atoms with Gasteiger partial charge in [-0.15, -0.1) is 27.8 Å². The number of hydrogen-bond donors (Lipinski definition) is 2. The fourth-order valence-electron chi connectivity index (χ4n) is 2.03. The van der Waals surface area contributed by atoms with Gasteiger partial charge >= 0.3 is 0 Å². The van der Waals surface area contributed by atoms with E-state index >= 15 is 0 Å². The lowest BCUT2D eigenvalue weighted by molar-refractivity contribution is 0.0938. The Bertz CT molecular complexity index is 855. The van der Waals surface area contributed by atoms with Crippen molar-refractivity contribution in [3.8, 4) is 0 Å². The standard InChI is InChI=1S/C15H16N6O2S2/c1-10-18-13(9-25-10)15(23)16-4-5-21-8-12(19-20-21)14(22)17-7-11-3-2-6-24-11/h2-3,6,8-9H,4-5,7H2,1H3,(H,16,23)(H,17,22). The average molecular weight is 376 g/mol. The van der Waals surface area contributed by atoms with E-state index in [-0.39, 0.29) is 17.5 Å². The molecule has 0 radical (unpaired) electrons. The second-order valence-electron chi connectivity index (χ2n) is 5.14. The van der Waals surface area contributed by atoms with E-state index < -0.39 is 0 Å². The second-order valence-corrected chi connectivity index (χ2v) is 7.23. The Morgan fingerprint density at radius 1 is 1.20 bits per heavy atom. The molecule has 0 saturated carbocycles. The van der Waals surface area contributed by atoms with Crippen LogP contribution in [-0.4, -0.2) is 38.3 Å². The third-order valence-corrected chi connectivity index (χ3v) is 4.90. The molecule has 0 aliphatic carbocycles. The summed E-state index contributed by atoms with van der Waals surface area (Å²) in [7, 11) is 0. The van der Waals surface area contributed by atoms with Gasteiger partial charge in [0.05, 0.1) is 24.3 Å². The van der Waals surface area contributed by atoms with E-state index in [1.54, 1.807) is 22.9 Å². The topological polar surface area (TPSA) is 102 Å². The molecule has 0 aromatic carbocycles. The molecule has 8 nitrogen and oxygen atoms in total. The summed E-state index contributed by atoms with van der Waals surface area (Å²) >= 11 is 3.01. The Morgan fingerprint density at radius 3 is 2.76 bits per heavy atom. The van der Waals surface area contributed by atoms with Crippen molar-refractivity contribution in [3.05, 3.63) is 50.4 Å². The SMILES string of the molecule is Cc1nc(C(=O)NCCn2cc(C(=O)NCc3cccs3)nn2)cs1. The number of thiazole rings is 1. The Kier molecular flexibility index (Phi) is 5.51. The molecule has 3 heterocycles. The first-order valence-corrected chi connectivity index (χ1v) is 9.29. The van der Waals surface area contributed by atoms with Crippen LogP contribution in [0.5, 0.6) is 0 Å². The highest BCUT2D eigenvalue weighted by Crippen LogP contribution is 2.08. The lowest BCUT2D eigenvalue weighted by Crippen LogP contribution is -2.27. The van der Waals surface area contributed by atoms with E-state index in [0.29, 0.717) is 25.3 Å². The summed E-state index contributed by atoms with van der Waals surface area (Å²) in [5.41, 5.74) is 0.660. The third kappa shape index (κ3) is 4.70. The molecule has 25 heavy (non-hydrogen) atoms. The van der Waals surface area contributed by atoms with E-state index in [9.17, 15) is 9.59 Å². The number of aromatic nitrogens is 4. The van der Waals surface area contributed by atoms with Crippen LogP contribution in [0.15, 0.2) is 29.1 Å². The van der Waals surface area contributed by atoms with Crippen molar-refractivity contribution in [2.45, 2.75) is 20.0 Å². The first kappa shape index (κ1) is 17.2. The fourth-order valence-corrected chi connectivity index (χ4v) is 3.26. The summed E-state index contributed by atoms with van der Waals surface area (Å²) in [6, 6.07) is 3.89. The lowest BCUT2D eigenvalue weighted by Gasteiger charge is -2.02. The molecule has 2 N–H and O–H groups in total. The summed E-state index contributed by atoms with van der Waals surface area (Å²) in [5, 5.41) is 17.8. The molecular weight excluding hydrogens is 360 g/mol. The Labute approximate surface area is 151 Å². The van der Waals surface area contributed by atoms with Crippen LogP contribution < -0.4 is 10.6 Å². The van der Waals surface area contributed by atoms with E-state index in [1.165, 1.54) is 16.0 Å². The van der Waals surface area contributed by atoms with Gasteiger partial charge in [0.15, 0.2) is 5.69 Å². The van der Waals surface area contributed by atoms with Gasteiger partial charge < -0.3 is 10.6 Å². The zero-order valence-electron chi connectivity index (χ0n) is 13.4. The van der Waals surface area contributed by atoms with Crippen LogP contribution in [0.1, 0.15) is 30.9 Å². The average Bonchev–Trinajstić information content (AvgIpc) is 3.34. The summed E-state index contributed by atoms with van der Waals surface area (Å²) in [4.78, 5) is 29.1. The molecule has 10 heteroatoms. The molecule has 0 spiro atoms. The molecule has 0 fully saturated rings. The predicted molar refractivity (Wildman–Crippen MR) is 94.7 cm³/mol. The number of thiophene rings is 1. The van der Waals surface area contributed by atoms with Crippen molar-refractivity contribution in [2.75, 3.05) is 6.54 Å². The van der Waals surface area contributed by atoms with Gasteiger partial charge in [-0.2, -0.15) is 0 Å². The van der Waals surface area contributed by atoms with E-state index in [4.69, 9.17) is 0 Å². The maximum Gasteiger partial charge on any atom is 0.273 e. The van der Waals surface area contributed by atoms with Gasteiger partial charge in [-0.25, -0.2) is 9.67 Å². The van der Waals surface area contributed by atoms with Crippen LogP contribution in [0, 0.1) is 6.92 Å². The van der Waals surface area contributed by atoms with Crippen LogP contribution in [0.3, 0.4) is 0 Å². The number of carbonyl (C=O) groups is 2. The lowest BCUT2D eigenvalue weighted by atomic mass is 10.4. The molecule has 0 saturated heterocycles. The zero-order chi connectivity index (χ0) is 17.6. The Balaban J connectivity index is 1.45. The van der Waals surface area contributed by atoms with Gasteiger partial charge in [-0.3, -0.25) is 9.59 Å². The summed E-state index contributed by atoms with van der Waals surface area (Å²) < 4.78 is 1.52. The number of nitrogens with one attached hydrogen (secondary N) is 2. The van der Waals surface area contributed by atoms with Crippen molar-refractivity contribution in [1.82, 2.24) is 30.6 Å². The van der Waals surface area contributed by atoms with Gasteiger partial charge in [-0.05, 0) is 18.4 Å². The number of carbonyl (C=O) groups excluding carboxylic acids is 2. The van der Waals surface area contributed by atoms with Gasteiger partial charge in [0, 0.05) is 16.8 Å². The number of rotatable bonds is 7. The predicted octanol–water partition coefficient (Wildman–Crippen LogP) is 1.46. The minimum atomic E-state index is -0.276. The van der Waals surface area contributed by atoms with Gasteiger partial charge in [-0.1, -0.05) is 11.3 Å². The van der Waals surface area contributed by atoms with Crippen molar-refractivity contribution >= 4 is 34.5 Å². The molecular formula is C15H16N6O2S2. The quantitative estimate of drug-likeness (QED) is 0.650. The molecule has 0 aliphatic heterocycles. The molecule has 3 rings (SSSR count). The molecule has 0 aliphatic rings. The van der Waals surface area contributed by atoms with Crippen molar-refractivity contribution in [2.24, 2.45) is 0 Å². The maximum absolute atomic E-state index is 12.0. The molecule has 2 amide bonds. The number of nitrogens with zero attached hydrogens (tertiary/aromatic N) is 4. The molecule has 0 bridgehead atoms. The summed E-state index contributed by atoms with van der Waals surface area (Å²) in [6.45, 7) is 3.10. The van der Waals surface area contributed by atoms with E-state index in [0.717, 1.165) is 9.88 Å². The number of aryl methyl sites for hydroxylation is 1. The highest BCUT2D eigenvalue weighted by molar-refractivity contribution is 7.10. The van der Waals surface area contributed by atoms with Crippen LogP contribution in [0.25, 0.3) is 0 Å². The second kappa shape index (κ2) is 7.99. The first-order chi connectivity index (χ1) is 12.1. The van der Waals surface area contributed by atoms with Crippen LogP contribution >= 0.6 is 22.7 Å². The van der Waals surface area contributed by atoms with Crippen LogP contribution in [-0.2, 0) is 13.1 Å². The monoisotopic (exact) mass is 376 g/mol. The molecule has 3 aromatic heterocycles. The minimum absolute atomic E-state index is 0.224. The van der Waals surface area contributed by atoms with Crippen molar-refractivity contribution in [1.29, 1.82) is 0 Å². The van der Waals surface area contributed by atoms with E-state index in [2.05, 4.69) is 25.9 Å². The van der Waals surface area contributed by atoms with Gasteiger partial charge in [0.25, 0.3) is 11.8 Å². The third-order valence-electron chi connectivity index (χ3n) is 3.25. The molecule has 130 valence electrons. The highest BCUT2D eigenvalue weighted by Gasteiger charge is 2.12. The minimum Gasteiger partial charge on any atom is -0.349 e. The van der Waals surface area contributed by atoms with Gasteiger partial charge in [0.2, 0.25) is 0 Å². The van der Waals surface area contributed by atoms with Crippen molar-refractivity contribution < 1.29 is 9.59 Å². The van der Waals surface area contributed by atoms with Gasteiger partial charge in [0.1, 0.15) is 5.69 Å². The maximum atomic E-state index is 12.0. The summed E-state index contributed by atoms with van der Waals surface area (Å²) in [6.07, 6.45) is 1.56. The van der Waals surface area contributed by atoms with E-state index in [1.807, 2.05) is 24.4 Å². The number of hydrogen-bond acceptors (Lipinski definition) is 7. The molecule has 0 atom stereocenters.